The number of carbonyl (C=O) groups excluding carboxylic acids is 2. The van der Waals surface area contributed by atoms with E-state index in [0.717, 1.165) is 24.8 Å². The Morgan fingerprint density at radius 2 is 1.84 bits per heavy atom. The summed E-state index contributed by atoms with van der Waals surface area (Å²) in [6, 6.07) is 21.2. The lowest BCUT2D eigenvalue weighted by molar-refractivity contribution is -0.115. The summed E-state index contributed by atoms with van der Waals surface area (Å²) in [6.45, 7) is 2.16. The first-order valence-electron chi connectivity index (χ1n) is 10.7. The zero-order chi connectivity index (χ0) is 22.5. The van der Waals surface area contributed by atoms with Crippen molar-refractivity contribution in [3.63, 3.8) is 0 Å². The topological polar surface area (TPSA) is 49.4 Å². The predicted octanol–water partition coefficient (Wildman–Crippen LogP) is 6.20. The lowest BCUT2D eigenvalue weighted by atomic mass is 10.1. The standard InChI is InChI=1S/C26H25FN2O2S/c1-2-3-5-18-8-10-19(11-9-18)25(31)28-22-7-4-6-20(16-22)26-29(24(30)17-32-26)23-14-12-21(27)13-15-23/h4,6-16,26H,2-3,5,17H2,1H3,(H,28,31). The fourth-order valence-electron chi connectivity index (χ4n) is 3.73. The maximum absolute atomic E-state index is 13.3. The van der Waals surface area contributed by atoms with Gasteiger partial charge in [0.1, 0.15) is 11.2 Å². The fourth-order valence-corrected chi connectivity index (χ4v) is 4.90. The van der Waals surface area contributed by atoms with Crippen LogP contribution in [0.15, 0.2) is 72.8 Å². The van der Waals surface area contributed by atoms with Crippen molar-refractivity contribution < 1.29 is 14.0 Å². The minimum absolute atomic E-state index is 0.0239. The number of nitrogens with one attached hydrogen (secondary N) is 1. The van der Waals surface area contributed by atoms with E-state index in [-0.39, 0.29) is 23.0 Å². The molecule has 1 saturated heterocycles. The molecule has 0 aliphatic carbocycles. The lowest BCUT2D eigenvalue weighted by Gasteiger charge is -2.24. The molecule has 164 valence electrons. The Hall–Kier alpha value is -3.12. The first-order chi connectivity index (χ1) is 15.5. The van der Waals surface area contributed by atoms with Gasteiger partial charge in [0, 0.05) is 16.9 Å². The number of carbonyl (C=O) groups is 2. The van der Waals surface area contributed by atoms with Crippen LogP contribution >= 0.6 is 11.8 Å². The Morgan fingerprint density at radius 1 is 1.09 bits per heavy atom. The third kappa shape index (κ3) is 5.02. The van der Waals surface area contributed by atoms with Crippen LogP contribution in [0.4, 0.5) is 15.8 Å². The number of hydrogen-bond acceptors (Lipinski definition) is 3. The van der Waals surface area contributed by atoms with Crippen LogP contribution in [0.1, 0.15) is 46.6 Å². The lowest BCUT2D eigenvalue weighted by Crippen LogP contribution is -2.27. The monoisotopic (exact) mass is 448 g/mol. The molecular weight excluding hydrogens is 423 g/mol. The molecule has 1 aliphatic rings. The van der Waals surface area contributed by atoms with Crippen molar-refractivity contribution in [3.05, 3.63) is 95.3 Å². The maximum Gasteiger partial charge on any atom is 0.255 e. The van der Waals surface area contributed by atoms with Crippen molar-refractivity contribution in [1.82, 2.24) is 0 Å². The van der Waals surface area contributed by atoms with Crippen molar-refractivity contribution in [2.45, 2.75) is 31.6 Å². The molecule has 1 aliphatic heterocycles. The molecule has 3 aromatic carbocycles. The van der Waals surface area contributed by atoms with Gasteiger partial charge in [0.25, 0.3) is 5.91 Å². The van der Waals surface area contributed by atoms with Gasteiger partial charge in [0.2, 0.25) is 5.91 Å². The van der Waals surface area contributed by atoms with Crippen LogP contribution in [-0.4, -0.2) is 17.6 Å². The molecule has 2 amide bonds. The highest BCUT2D eigenvalue weighted by Gasteiger charge is 2.34. The van der Waals surface area contributed by atoms with Crippen molar-refractivity contribution in [3.8, 4) is 0 Å². The summed E-state index contributed by atoms with van der Waals surface area (Å²) in [6.07, 6.45) is 3.29. The van der Waals surface area contributed by atoms with Crippen LogP contribution in [0.25, 0.3) is 0 Å². The molecule has 1 atom stereocenters. The third-order valence-corrected chi connectivity index (χ3v) is 6.65. The summed E-state index contributed by atoms with van der Waals surface area (Å²) < 4.78 is 13.3. The molecule has 6 heteroatoms. The second-order valence-corrected chi connectivity index (χ2v) is 8.85. The van der Waals surface area contributed by atoms with Crippen LogP contribution < -0.4 is 10.2 Å². The van der Waals surface area contributed by atoms with Crippen molar-refractivity contribution in [2.24, 2.45) is 0 Å². The first kappa shape index (κ1) is 22.1. The van der Waals surface area contributed by atoms with E-state index in [1.54, 1.807) is 17.0 Å². The van der Waals surface area contributed by atoms with Gasteiger partial charge >= 0.3 is 0 Å². The zero-order valence-corrected chi connectivity index (χ0v) is 18.7. The molecule has 4 rings (SSSR count). The van der Waals surface area contributed by atoms with Gasteiger partial charge in [-0.05, 0) is 72.5 Å². The highest BCUT2D eigenvalue weighted by Crippen LogP contribution is 2.42. The van der Waals surface area contributed by atoms with Crippen LogP contribution in [0.5, 0.6) is 0 Å². The maximum atomic E-state index is 13.3. The van der Waals surface area contributed by atoms with E-state index in [2.05, 4.69) is 12.2 Å². The highest BCUT2D eigenvalue weighted by atomic mass is 32.2. The van der Waals surface area contributed by atoms with E-state index < -0.39 is 0 Å². The number of unbranched alkanes of at least 4 members (excludes halogenated alkanes) is 1. The molecule has 0 bridgehead atoms. The summed E-state index contributed by atoms with van der Waals surface area (Å²) >= 11 is 1.51. The van der Waals surface area contributed by atoms with Crippen LogP contribution in [0.2, 0.25) is 0 Å². The number of halogens is 1. The average Bonchev–Trinajstić information content (AvgIpc) is 3.20. The number of aryl methyl sites for hydroxylation is 1. The second-order valence-electron chi connectivity index (χ2n) is 7.78. The predicted molar refractivity (Wildman–Crippen MR) is 129 cm³/mol. The molecule has 0 radical (unpaired) electrons. The second kappa shape index (κ2) is 10.0. The van der Waals surface area contributed by atoms with Crippen molar-refractivity contribution >= 4 is 35.0 Å². The van der Waals surface area contributed by atoms with Crippen molar-refractivity contribution in [1.29, 1.82) is 0 Å². The van der Waals surface area contributed by atoms with Gasteiger partial charge in [-0.1, -0.05) is 37.6 Å². The largest absolute Gasteiger partial charge is 0.322 e. The quantitative estimate of drug-likeness (QED) is 0.468. The normalized spacial score (nSPS) is 15.8. The molecule has 1 fully saturated rings. The number of hydrogen-bond donors (Lipinski definition) is 1. The number of nitrogens with zero attached hydrogens (tertiary/aromatic N) is 1. The third-order valence-electron chi connectivity index (χ3n) is 5.44. The Kier molecular flexibility index (Phi) is 6.90. The summed E-state index contributed by atoms with van der Waals surface area (Å²) in [4.78, 5) is 26.9. The minimum Gasteiger partial charge on any atom is -0.322 e. The number of anilines is 2. The smallest absolute Gasteiger partial charge is 0.255 e. The van der Waals surface area contributed by atoms with E-state index >= 15 is 0 Å². The van der Waals surface area contributed by atoms with E-state index in [1.807, 2.05) is 48.5 Å². The fraction of sp³-hybridized carbons (Fsp3) is 0.231. The minimum atomic E-state index is -0.340. The van der Waals surface area contributed by atoms with Crippen LogP contribution in [0.3, 0.4) is 0 Å². The Bertz CT molecular complexity index is 1100. The van der Waals surface area contributed by atoms with E-state index in [0.29, 0.717) is 22.7 Å². The number of rotatable bonds is 7. The molecule has 0 saturated carbocycles. The van der Waals surface area contributed by atoms with E-state index in [4.69, 9.17) is 0 Å². The van der Waals surface area contributed by atoms with Crippen molar-refractivity contribution in [2.75, 3.05) is 16.0 Å². The Balaban J connectivity index is 1.50. The summed E-state index contributed by atoms with van der Waals surface area (Å²) in [7, 11) is 0. The molecule has 32 heavy (non-hydrogen) atoms. The number of amides is 2. The molecule has 1 N–H and O–H groups in total. The number of benzene rings is 3. The number of thioether (sulfide) groups is 1. The molecular formula is C26H25FN2O2S. The Labute approximate surface area is 191 Å². The zero-order valence-electron chi connectivity index (χ0n) is 17.9. The molecule has 4 nitrogen and oxygen atoms in total. The van der Waals surface area contributed by atoms with Crippen LogP contribution in [-0.2, 0) is 11.2 Å². The van der Waals surface area contributed by atoms with Gasteiger partial charge in [0.05, 0.1) is 5.75 Å². The van der Waals surface area contributed by atoms with Gasteiger partial charge in [-0.15, -0.1) is 11.8 Å². The van der Waals surface area contributed by atoms with Gasteiger partial charge in [-0.2, -0.15) is 0 Å². The summed E-state index contributed by atoms with van der Waals surface area (Å²) in [5, 5.41) is 2.72. The van der Waals surface area contributed by atoms with Gasteiger partial charge in [-0.25, -0.2) is 4.39 Å². The molecule has 3 aromatic rings. The Morgan fingerprint density at radius 3 is 2.56 bits per heavy atom. The molecule has 0 aromatic heterocycles. The highest BCUT2D eigenvalue weighted by molar-refractivity contribution is 8.00. The van der Waals surface area contributed by atoms with Crippen LogP contribution in [0, 0.1) is 5.82 Å². The molecule has 1 unspecified atom stereocenters. The van der Waals surface area contributed by atoms with Gasteiger partial charge < -0.3 is 5.32 Å². The van der Waals surface area contributed by atoms with Gasteiger partial charge in [-0.3, -0.25) is 14.5 Å². The summed E-state index contributed by atoms with van der Waals surface area (Å²) in [5.41, 5.74) is 4.06. The molecule has 0 spiro atoms. The SMILES string of the molecule is CCCCc1ccc(C(=O)Nc2cccc(C3SCC(=O)N3c3ccc(F)cc3)c2)cc1. The first-order valence-corrected chi connectivity index (χ1v) is 11.8. The summed E-state index contributed by atoms with van der Waals surface area (Å²) in [5.74, 6) is -0.185. The van der Waals surface area contributed by atoms with Gasteiger partial charge in [0.15, 0.2) is 0 Å². The molecule has 1 heterocycles. The van der Waals surface area contributed by atoms with E-state index in [1.165, 1.54) is 29.5 Å². The van der Waals surface area contributed by atoms with E-state index in [9.17, 15) is 14.0 Å². The average molecular weight is 449 g/mol.